The van der Waals surface area contributed by atoms with Gasteiger partial charge in [-0.05, 0) is 100 Å². The van der Waals surface area contributed by atoms with E-state index < -0.39 is 0 Å². The zero-order valence-electron chi connectivity index (χ0n) is 24.8. The van der Waals surface area contributed by atoms with E-state index in [0.717, 1.165) is 42.6 Å². The zero-order valence-corrected chi connectivity index (χ0v) is 24.8. The number of aliphatic hydroxyl groups excluding tert-OH is 1. The van der Waals surface area contributed by atoms with Crippen molar-refractivity contribution in [2.75, 3.05) is 7.11 Å². The molecule has 0 radical (unpaired) electrons. The Morgan fingerprint density at radius 2 is 1.76 bits per heavy atom. The summed E-state index contributed by atoms with van der Waals surface area (Å²) < 4.78 is 5.49. The lowest BCUT2D eigenvalue weighted by Crippen LogP contribution is -2.46. The third-order valence-electron chi connectivity index (χ3n) is 10.4. The standard InChI is InChI=1S/C34H49NO3/c1-32(2,3)22-15-21(30(36)28(17-22)33(4,5)6)19-35-29-18-27-26-11-9-20-16-23(38-8)10-12-24(20)25(26)13-14-34(27,7)31(29)37/h10,12,15-17,25-27,29,31,35-37H,9,11,13-14,18-19H2,1-8H3/t25-,26-,27+,29?,31?,34+/m1/s1. The number of nitrogens with one attached hydrogen (secondary N) is 1. The van der Waals surface area contributed by atoms with Crippen molar-refractivity contribution in [3.05, 3.63) is 58.1 Å². The summed E-state index contributed by atoms with van der Waals surface area (Å²) in [7, 11) is 1.75. The first kappa shape index (κ1) is 27.5. The molecular formula is C34H49NO3. The third-order valence-corrected chi connectivity index (χ3v) is 10.4. The van der Waals surface area contributed by atoms with Crippen LogP contribution in [0.2, 0.25) is 0 Å². The molecule has 0 aliphatic heterocycles. The number of fused-ring (bicyclic) bond motifs is 5. The van der Waals surface area contributed by atoms with Gasteiger partial charge in [-0.3, -0.25) is 0 Å². The molecule has 38 heavy (non-hydrogen) atoms. The van der Waals surface area contributed by atoms with Gasteiger partial charge < -0.3 is 20.3 Å². The Hall–Kier alpha value is -2.04. The van der Waals surface area contributed by atoms with Crippen LogP contribution >= 0.6 is 0 Å². The largest absolute Gasteiger partial charge is 0.507 e. The van der Waals surface area contributed by atoms with Gasteiger partial charge in [0.05, 0.1) is 13.2 Å². The molecule has 208 valence electrons. The lowest BCUT2D eigenvalue weighted by molar-refractivity contribution is -0.0281. The first-order valence-corrected chi connectivity index (χ1v) is 14.7. The fraction of sp³-hybridized carbons (Fsp3) is 0.647. The van der Waals surface area contributed by atoms with Crippen LogP contribution in [0.5, 0.6) is 11.5 Å². The number of hydrogen-bond donors (Lipinski definition) is 3. The van der Waals surface area contributed by atoms with Gasteiger partial charge in [0.2, 0.25) is 0 Å². The van der Waals surface area contributed by atoms with Crippen LogP contribution in [-0.4, -0.2) is 29.5 Å². The van der Waals surface area contributed by atoms with Gasteiger partial charge >= 0.3 is 0 Å². The van der Waals surface area contributed by atoms with Gasteiger partial charge in [0, 0.05) is 18.2 Å². The number of aromatic hydroxyl groups is 1. The minimum absolute atomic E-state index is 0.00591. The fourth-order valence-corrected chi connectivity index (χ4v) is 7.98. The number of rotatable bonds is 4. The van der Waals surface area contributed by atoms with Crippen LogP contribution in [-0.2, 0) is 23.8 Å². The number of hydrogen-bond acceptors (Lipinski definition) is 4. The molecule has 4 nitrogen and oxygen atoms in total. The molecule has 0 bridgehead atoms. The van der Waals surface area contributed by atoms with E-state index in [2.05, 4.69) is 84.1 Å². The van der Waals surface area contributed by atoms with E-state index in [0.29, 0.717) is 30.0 Å². The zero-order chi connectivity index (χ0) is 27.6. The van der Waals surface area contributed by atoms with Crippen LogP contribution in [0.1, 0.15) is 108 Å². The third kappa shape index (κ3) is 4.66. The molecule has 3 N–H and O–H groups in total. The SMILES string of the molecule is COc1ccc2c(c1)CC[C@@H]1[C@@H]2CC[C@]2(C)C(O)C(NCc3cc(C(C)(C)C)cc(C(C)(C)C)c3O)C[C@@H]12. The summed E-state index contributed by atoms with van der Waals surface area (Å²) in [5.41, 5.74) is 5.92. The summed E-state index contributed by atoms with van der Waals surface area (Å²) in [5.74, 6) is 3.05. The highest BCUT2D eigenvalue weighted by Gasteiger charge is 2.57. The Morgan fingerprint density at radius 1 is 1.03 bits per heavy atom. The van der Waals surface area contributed by atoms with Crippen molar-refractivity contribution in [1.82, 2.24) is 5.32 Å². The van der Waals surface area contributed by atoms with E-state index >= 15 is 0 Å². The average Bonchev–Trinajstić information content (AvgIpc) is 3.11. The van der Waals surface area contributed by atoms with E-state index in [4.69, 9.17) is 4.74 Å². The van der Waals surface area contributed by atoms with Gasteiger partial charge in [-0.2, -0.15) is 0 Å². The topological polar surface area (TPSA) is 61.7 Å². The molecule has 2 fully saturated rings. The lowest BCUT2D eigenvalue weighted by Gasteiger charge is -2.50. The van der Waals surface area contributed by atoms with Crippen molar-refractivity contribution < 1.29 is 14.9 Å². The molecule has 0 saturated heterocycles. The van der Waals surface area contributed by atoms with Crippen molar-refractivity contribution in [1.29, 1.82) is 0 Å². The van der Waals surface area contributed by atoms with Crippen LogP contribution in [0.15, 0.2) is 30.3 Å². The van der Waals surface area contributed by atoms with E-state index in [1.165, 1.54) is 23.1 Å². The van der Waals surface area contributed by atoms with Gasteiger partial charge in [0.25, 0.3) is 0 Å². The molecule has 5 rings (SSSR count). The Balaban J connectivity index is 1.37. The summed E-state index contributed by atoms with van der Waals surface area (Å²) in [4.78, 5) is 0. The highest BCUT2D eigenvalue weighted by atomic mass is 16.5. The van der Waals surface area contributed by atoms with Crippen LogP contribution in [0, 0.1) is 17.3 Å². The smallest absolute Gasteiger partial charge is 0.123 e. The predicted octanol–water partition coefficient (Wildman–Crippen LogP) is 6.98. The van der Waals surface area contributed by atoms with Crippen LogP contribution in [0.4, 0.5) is 0 Å². The number of ether oxygens (including phenoxy) is 1. The normalized spacial score (nSPS) is 30.9. The van der Waals surface area contributed by atoms with Crippen molar-refractivity contribution in [3.63, 3.8) is 0 Å². The Bertz CT molecular complexity index is 1190. The first-order chi connectivity index (χ1) is 17.7. The fourth-order valence-electron chi connectivity index (χ4n) is 7.98. The molecule has 0 amide bonds. The van der Waals surface area contributed by atoms with E-state index in [9.17, 15) is 10.2 Å². The minimum atomic E-state index is -0.374. The van der Waals surface area contributed by atoms with E-state index in [-0.39, 0.29) is 28.4 Å². The summed E-state index contributed by atoms with van der Waals surface area (Å²) >= 11 is 0. The maximum atomic E-state index is 11.7. The molecule has 3 aliphatic rings. The van der Waals surface area contributed by atoms with Crippen molar-refractivity contribution >= 4 is 0 Å². The number of methoxy groups -OCH3 is 1. The molecule has 2 unspecified atom stereocenters. The Labute approximate surface area is 230 Å². The van der Waals surface area contributed by atoms with Crippen molar-refractivity contribution in [2.24, 2.45) is 17.3 Å². The molecule has 2 saturated carbocycles. The molecule has 0 heterocycles. The molecular weight excluding hydrogens is 470 g/mol. The highest BCUT2D eigenvalue weighted by molar-refractivity contribution is 5.49. The monoisotopic (exact) mass is 519 g/mol. The van der Waals surface area contributed by atoms with Gasteiger partial charge in [-0.15, -0.1) is 0 Å². The highest BCUT2D eigenvalue weighted by Crippen LogP contribution is 2.61. The average molecular weight is 520 g/mol. The van der Waals surface area contributed by atoms with Crippen molar-refractivity contribution in [2.45, 2.75) is 116 Å². The van der Waals surface area contributed by atoms with Gasteiger partial charge in [0.15, 0.2) is 0 Å². The maximum Gasteiger partial charge on any atom is 0.123 e. The second-order valence-electron chi connectivity index (χ2n) is 14.7. The van der Waals surface area contributed by atoms with Gasteiger partial charge in [0.1, 0.15) is 11.5 Å². The Kier molecular flexibility index (Phi) is 6.92. The lowest BCUT2D eigenvalue weighted by atomic mass is 9.55. The van der Waals surface area contributed by atoms with Gasteiger partial charge in [-0.1, -0.05) is 66.7 Å². The molecule has 4 heteroatoms. The summed E-state index contributed by atoms with van der Waals surface area (Å²) in [6.45, 7) is 16.1. The van der Waals surface area contributed by atoms with Crippen LogP contribution in [0.3, 0.4) is 0 Å². The van der Waals surface area contributed by atoms with E-state index in [1.54, 1.807) is 7.11 Å². The number of aliphatic hydroxyl groups is 1. The summed E-state index contributed by atoms with van der Waals surface area (Å²) in [5, 5.41) is 26.7. The molecule has 0 aromatic heterocycles. The molecule has 3 aliphatic carbocycles. The number of benzene rings is 2. The number of phenolic OH excluding ortho intramolecular Hbond substituents is 1. The second-order valence-corrected chi connectivity index (χ2v) is 14.7. The minimum Gasteiger partial charge on any atom is -0.507 e. The molecule has 2 aromatic rings. The molecule has 6 atom stereocenters. The van der Waals surface area contributed by atoms with E-state index in [1.807, 2.05) is 0 Å². The number of aryl methyl sites for hydroxylation is 1. The predicted molar refractivity (Wildman–Crippen MR) is 155 cm³/mol. The Morgan fingerprint density at radius 3 is 2.42 bits per heavy atom. The van der Waals surface area contributed by atoms with Gasteiger partial charge in [-0.25, -0.2) is 0 Å². The van der Waals surface area contributed by atoms with Crippen LogP contribution in [0.25, 0.3) is 0 Å². The summed E-state index contributed by atoms with van der Waals surface area (Å²) in [6.07, 6.45) is 5.11. The van der Waals surface area contributed by atoms with Crippen molar-refractivity contribution in [3.8, 4) is 11.5 Å². The second kappa shape index (κ2) is 9.55. The summed E-state index contributed by atoms with van der Waals surface area (Å²) in [6, 6.07) is 11.0. The molecule has 0 spiro atoms. The number of phenols is 1. The molecule has 2 aromatic carbocycles. The maximum absolute atomic E-state index is 11.7. The quantitative estimate of drug-likeness (QED) is 0.408. The van der Waals surface area contributed by atoms with Crippen LogP contribution < -0.4 is 10.1 Å². The first-order valence-electron chi connectivity index (χ1n) is 14.7.